The van der Waals surface area contributed by atoms with Gasteiger partial charge in [0.15, 0.2) is 0 Å². The minimum atomic E-state index is -0.287. The van der Waals surface area contributed by atoms with E-state index in [0.717, 1.165) is 5.69 Å². The first-order valence-electron chi connectivity index (χ1n) is 5.60. The van der Waals surface area contributed by atoms with E-state index >= 15 is 0 Å². The summed E-state index contributed by atoms with van der Waals surface area (Å²) in [4.78, 5) is 11.8. The van der Waals surface area contributed by atoms with Crippen molar-refractivity contribution < 1.29 is 9.53 Å². The number of carbonyl (C=O) groups excluding carboxylic acids is 1. The van der Waals surface area contributed by atoms with Gasteiger partial charge in [-0.25, -0.2) is 4.79 Å². The van der Waals surface area contributed by atoms with Crippen molar-refractivity contribution >= 4 is 11.7 Å². The molecule has 1 aliphatic rings. The van der Waals surface area contributed by atoms with E-state index in [-0.39, 0.29) is 17.4 Å². The highest BCUT2D eigenvalue weighted by Gasteiger charge is 2.44. The molecule has 2 rings (SSSR count). The number of benzene rings is 1. The molecule has 1 heterocycles. The quantitative estimate of drug-likeness (QED) is 0.776. The minimum absolute atomic E-state index is 0.177. The fraction of sp³-hybridized carbons (Fsp3) is 0.462. The van der Waals surface area contributed by atoms with E-state index in [1.807, 2.05) is 25.1 Å². The molecular weight excluding hydrogens is 202 g/mol. The second kappa shape index (κ2) is 3.81. The third kappa shape index (κ3) is 1.56. The van der Waals surface area contributed by atoms with Crippen LogP contribution in [0.1, 0.15) is 26.3 Å². The van der Waals surface area contributed by atoms with Gasteiger partial charge in [0.25, 0.3) is 0 Å². The molecule has 3 nitrogen and oxygen atoms in total. The molecule has 0 aromatic heterocycles. The van der Waals surface area contributed by atoms with E-state index in [1.165, 1.54) is 5.56 Å². The molecule has 0 radical (unpaired) electrons. The monoisotopic (exact) mass is 219 g/mol. The summed E-state index contributed by atoms with van der Waals surface area (Å²) in [6.45, 7) is 6.37. The molecule has 0 unspecified atom stereocenters. The Balaban J connectivity index is 2.32. The summed E-state index contributed by atoms with van der Waals surface area (Å²) in [5, 5.41) is 3.23. The van der Waals surface area contributed by atoms with Crippen LogP contribution in [-0.2, 0) is 14.9 Å². The summed E-state index contributed by atoms with van der Waals surface area (Å²) >= 11 is 0. The lowest BCUT2D eigenvalue weighted by molar-refractivity contribution is -0.145. The van der Waals surface area contributed by atoms with Crippen molar-refractivity contribution in [2.45, 2.75) is 32.2 Å². The fourth-order valence-electron chi connectivity index (χ4n) is 2.24. The van der Waals surface area contributed by atoms with Crippen molar-refractivity contribution in [3.63, 3.8) is 0 Å². The van der Waals surface area contributed by atoms with Gasteiger partial charge in [0, 0.05) is 11.1 Å². The van der Waals surface area contributed by atoms with Crippen LogP contribution in [0.4, 0.5) is 5.69 Å². The van der Waals surface area contributed by atoms with Crippen LogP contribution in [-0.4, -0.2) is 18.6 Å². The molecule has 0 spiro atoms. The molecule has 3 heteroatoms. The third-order valence-corrected chi connectivity index (χ3v) is 3.17. The summed E-state index contributed by atoms with van der Waals surface area (Å²) < 4.78 is 5.09. The second-order valence-corrected chi connectivity index (χ2v) is 4.60. The normalized spacial score (nSPS) is 21.1. The number of esters is 1. The molecule has 16 heavy (non-hydrogen) atoms. The number of para-hydroxylation sites is 1. The molecule has 1 aromatic rings. The number of nitrogens with one attached hydrogen (secondary N) is 1. The zero-order valence-corrected chi connectivity index (χ0v) is 9.91. The maximum atomic E-state index is 11.8. The van der Waals surface area contributed by atoms with Crippen molar-refractivity contribution in [2.75, 3.05) is 11.9 Å². The van der Waals surface area contributed by atoms with Crippen molar-refractivity contribution in [2.24, 2.45) is 0 Å². The van der Waals surface area contributed by atoms with Crippen LogP contribution in [0.5, 0.6) is 0 Å². The molecule has 0 saturated carbocycles. The topological polar surface area (TPSA) is 38.3 Å². The third-order valence-electron chi connectivity index (χ3n) is 3.17. The number of fused-ring (bicyclic) bond motifs is 1. The molecule has 0 saturated heterocycles. The highest BCUT2D eigenvalue weighted by molar-refractivity contribution is 5.85. The summed E-state index contributed by atoms with van der Waals surface area (Å²) in [7, 11) is 0. The van der Waals surface area contributed by atoms with Crippen molar-refractivity contribution in [3.8, 4) is 0 Å². The standard InChI is InChI=1S/C13H17NO2/c1-4-16-12(15)11-13(2,3)9-7-5-6-8-10(9)14-11/h5-8,11,14H,4H2,1-3H3/t11-/m1/s1. The average molecular weight is 219 g/mol. The van der Waals surface area contributed by atoms with Gasteiger partial charge in [0.05, 0.1) is 6.61 Å². The highest BCUT2D eigenvalue weighted by atomic mass is 16.5. The highest BCUT2D eigenvalue weighted by Crippen LogP contribution is 2.40. The number of rotatable bonds is 2. The molecule has 1 aromatic carbocycles. The zero-order chi connectivity index (χ0) is 11.8. The number of hydrogen-bond acceptors (Lipinski definition) is 3. The van der Waals surface area contributed by atoms with Gasteiger partial charge in [0.1, 0.15) is 6.04 Å². The van der Waals surface area contributed by atoms with Gasteiger partial charge < -0.3 is 10.1 Å². The molecule has 1 N–H and O–H groups in total. The Morgan fingerprint density at radius 2 is 2.12 bits per heavy atom. The van der Waals surface area contributed by atoms with Crippen molar-refractivity contribution in [1.82, 2.24) is 0 Å². The van der Waals surface area contributed by atoms with Crippen molar-refractivity contribution in [3.05, 3.63) is 29.8 Å². The Hall–Kier alpha value is -1.51. The Kier molecular flexibility index (Phi) is 2.62. The summed E-state index contributed by atoms with van der Waals surface area (Å²) in [5.74, 6) is -0.177. The zero-order valence-electron chi connectivity index (χ0n) is 9.91. The minimum Gasteiger partial charge on any atom is -0.464 e. The van der Waals surface area contributed by atoms with E-state index in [1.54, 1.807) is 0 Å². The smallest absolute Gasteiger partial charge is 0.329 e. The Morgan fingerprint density at radius 3 is 2.75 bits per heavy atom. The molecule has 0 bridgehead atoms. The van der Waals surface area contributed by atoms with Crippen LogP contribution in [0.15, 0.2) is 24.3 Å². The molecule has 86 valence electrons. The molecule has 0 fully saturated rings. The number of carbonyl (C=O) groups is 1. The van der Waals surface area contributed by atoms with Gasteiger partial charge in [-0.1, -0.05) is 32.0 Å². The Labute approximate surface area is 95.8 Å². The Bertz CT molecular complexity index is 412. The molecule has 1 aliphatic heterocycles. The van der Waals surface area contributed by atoms with Crippen molar-refractivity contribution in [1.29, 1.82) is 0 Å². The first kappa shape index (κ1) is 11.0. The first-order chi connectivity index (χ1) is 7.57. The van der Waals surface area contributed by atoms with Gasteiger partial charge >= 0.3 is 5.97 Å². The van der Waals surface area contributed by atoms with Crippen LogP contribution in [0.3, 0.4) is 0 Å². The first-order valence-corrected chi connectivity index (χ1v) is 5.60. The van der Waals surface area contributed by atoms with E-state index in [9.17, 15) is 4.79 Å². The molecule has 0 aliphatic carbocycles. The Morgan fingerprint density at radius 1 is 1.44 bits per heavy atom. The molecular formula is C13H17NO2. The maximum absolute atomic E-state index is 11.8. The van der Waals surface area contributed by atoms with Crippen LogP contribution in [0.25, 0.3) is 0 Å². The SMILES string of the molecule is CCOC(=O)[C@H]1Nc2ccccc2C1(C)C. The average Bonchev–Trinajstić information content (AvgIpc) is 2.52. The predicted molar refractivity (Wildman–Crippen MR) is 63.5 cm³/mol. The molecule has 0 amide bonds. The van der Waals surface area contributed by atoms with Crippen LogP contribution in [0, 0.1) is 0 Å². The summed E-state index contributed by atoms with van der Waals surface area (Å²) in [6.07, 6.45) is 0. The molecule has 1 atom stereocenters. The van der Waals surface area contributed by atoms with Gasteiger partial charge in [-0.3, -0.25) is 0 Å². The van der Waals surface area contributed by atoms with Crippen LogP contribution < -0.4 is 5.32 Å². The van der Waals surface area contributed by atoms with Crippen LogP contribution >= 0.6 is 0 Å². The van der Waals surface area contributed by atoms with E-state index in [4.69, 9.17) is 4.74 Å². The van der Waals surface area contributed by atoms with Gasteiger partial charge in [0.2, 0.25) is 0 Å². The van der Waals surface area contributed by atoms with Gasteiger partial charge in [-0.05, 0) is 18.6 Å². The number of hydrogen-bond donors (Lipinski definition) is 1. The fourth-order valence-corrected chi connectivity index (χ4v) is 2.24. The summed E-state index contributed by atoms with van der Waals surface area (Å²) in [5.41, 5.74) is 1.99. The lowest BCUT2D eigenvalue weighted by atomic mass is 9.81. The van der Waals surface area contributed by atoms with Gasteiger partial charge in [-0.15, -0.1) is 0 Å². The number of ether oxygens (including phenoxy) is 1. The predicted octanol–water partition coefficient (Wildman–Crippen LogP) is 2.32. The summed E-state index contributed by atoms with van der Waals surface area (Å²) in [6, 6.07) is 7.73. The second-order valence-electron chi connectivity index (χ2n) is 4.60. The van der Waals surface area contributed by atoms with E-state index in [2.05, 4.69) is 25.2 Å². The van der Waals surface area contributed by atoms with Gasteiger partial charge in [-0.2, -0.15) is 0 Å². The lowest BCUT2D eigenvalue weighted by Gasteiger charge is -2.25. The maximum Gasteiger partial charge on any atom is 0.329 e. The van der Waals surface area contributed by atoms with E-state index in [0.29, 0.717) is 6.61 Å². The largest absolute Gasteiger partial charge is 0.464 e. The lowest BCUT2D eigenvalue weighted by Crippen LogP contribution is -2.41. The van der Waals surface area contributed by atoms with E-state index < -0.39 is 0 Å². The van der Waals surface area contributed by atoms with Crippen LogP contribution in [0.2, 0.25) is 0 Å². The number of anilines is 1.